The third-order valence-electron chi connectivity index (χ3n) is 3.12. The van der Waals surface area contributed by atoms with E-state index in [1.54, 1.807) is 19.2 Å². The summed E-state index contributed by atoms with van der Waals surface area (Å²) in [6.45, 7) is 6.43. The summed E-state index contributed by atoms with van der Waals surface area (Å²) in [6.07, 6.45) is 0.956. The van der Waals surface area contributed by atoms with Crippen LogP contribution in [0.4, 0.5) is 5.69 Å². The van der Waals surface area contributed by atoms with E-state index in [9.17, 15) is 10.1 Å². The molecule has 0 saturated heterocycles. The zero-order valence-electron chi connectivity index (χ0n) is 12.1. The van der Waals surface area contributed by atoms with Gasteiger partial charge >= 0.3 is 0 Å². The molecular weight excluding hydrogens is 280 g/mol. The molecule has 112 valence electrons. The highest BCUT2D eigenvalue weighted by Gasteiger charge is 2.17. The van der Waals surface area contributed by atoms with Crippen LogP contribution in [0.2, 0.25) is 5.02 Å². The van der Waals surface area contributed by atoms with Crippen LogP contribution in [-0.4, -0.2) is 25.2 Å². The highest BCUT2D eigenvalue weighted by molar-refractivity contribution is 6.32. The van der Waals surface area contributed by atoms with E-state index in [-0.39, 0.29) is 16.1 Å². The van der Waals surface area contributed by atoms with Crippen LogP contribution >= 0.6 is 11.6 Å². The van der Waals surface area contributed by atoms with E-state index in [4.69, 9.17) is 16.3 Å². The first-order valence-electron chi connectivity index (χ1n) is 6.48. The first-order chi connectivity index (χ1) is 9.35. The predicted octanol–water partition coefficient (Wildman–Crippen LogP) is 3.40. The van der Waals surface area contributed by atoms with Crippen molar-refractivity contribution in [3.05, 3.63) is 38.9 Å². The quantitative estimate of drug-likeness (QED) is 0.590. The van der Waals surface area contributed by atoms with E-state index in [0.717, 1.165) is 25.1 Å². The summed E-state index contributed by atoms with van der Waals surface area (Å²) in [4.78, 5) is 10.3. The number of halogens is 1. The van der Waals surface area contributed by atoms with Crippen LogP contribution in [0, 0.1) is 15.5 Å². The van der Waals surface area contributed by atoms with E-state index in [1.165, 1.54) is 6.07 Å². The molecule has 0 aliphatic rings. The van der Waals surface area contributed by atoms with Gasteiger partial charge in [-0.2, -0.15) is 0 Å². The third kappa shape index (κ3) is 5.45. The molecule has 1 aromatic carbocycles. The minimum absolute atomic E-state index is 0.0513. The number of nitrogens with one attached hydrogen (secondary N) is 1. The van der Waals surface area contributed by atoms with Crippen LogP contribution < -0.4 is 5.32 Å². The number of ether oxygens (including phenoxy) is 1. The molecule has 0 aliphatic heterocycles. The molecule has 0 amide bonds. The lowest BCUT2D eigenvalue weighted by molar-refractivity contribution is -0.384. The van der Waals surface area contributed by atoms with Gasteiger partial charge in [-0.15, -0.1) is 0 Å². The Labute approximate surface area is 124 Å². The van der Waals surface area contributed by atoms with Crippen LogP contribution in [0.1, 0.15) is 25.8 Å². The number of nitro groups is 1. The SMILES string of the molecule is COCCC(C)(C)CNCc1ccc(Cl)c([N+](=O)[O-])c1. The molecule has 0 atom stereocenters. The number of hydrogen-bond donors (Lipinski definition) is 1. The fourth-order valence-electron chi connectivity index (χ4n) is 1.82. The molecule has 0 radical (unpaired) electrons. The van der Waals surface area contributed by atoms with Crippen molar-refractivity contribution in [2.45, 2.75) is 26.8 Å². The van der Waals surface area contributed by atoms with E-state index in [1.807, 2.05) is 0 Å². The van der Waals surface area contributed by atoms with Gasteiger partial charge in [0.25, 0.3) is 5.69 Å². The summed E-state index contributed by atoms with van der Waals surface area (Å²) in [6, 6.07) is 4.87. The van der Waals surface area contributed by atoms with Gasteiger partial charge in [-0.1, -0.05) is 31.5 Å². The molecule has 0 saturated carbocycles. The maximum atomic E-state index is 10.8. The molecule has 0 fully saturated rings. The van der Waals surface area contributed by atoms with Crippen molar-refractivity contribution in [1.82, 2.24) is 5.32 Å². The van der Waals surface area contributed by atoms with Gasteiger partial charge in [0.15, 0.2) is 0 Å². The topological polar surface area (TPSA) is 64.4 Å². The van der Waals surface area contributed by atoms with Crippen LogP contribution in [-0.2, 0) is 11.3 Å². The van der Waals surface area contributed by atoms with Crippen LogP contribution in [0.3, 0.4) is 0 Å². The Morgan fingerprint density at radius 1 is 1.45 bits per heavy atom. The Kier molecular flexibility index (Phi) is 6.39. The van der Waals surface area contributed by atoms with Crippen molar-refractivity contribution >= 4 is 17.3 Å². The van der Waals surface area contributed by atoms with Crippen LogP contribution in [0.15, 0.2) is 18.2 Å². The number of hydrogen-bond acceptors (Lipinski definition) is 4. The Bertz CT molecular complexity index is 464. The highest BCUT2D eigenvalue weighted by Crippen LogP contribution is 2.25. The fraction of sp³-hybridized carbons (Fsp3) is 0.571. The zero-order valence-corrected chi connectivity index (χ0v) is 12.9. The van der Waals surface area contributed by atoms with Gasteiger partial charge in [-0.05, 0) is 23.5 Å². The maximum absolute atomic E-state index is 10.8. The fourth-order valence-corrected chi connectivity index (χ4v) is 2.01. The van der Waals surface area contributed by atoms with Gasteiger partial charge in [0.1, 0.15) is 5.02 Å². The first kappa shape index (κ1) is 16.9. The average Bonchev–Trinajstić information content (AvgIpc) is 2.38. The molecule has 6 heteroatoms. The Hall–Kier alpha value is -1.17. The van der Waals surface area contributed by atoms with E-state index >= 15 is 0 Å². The van der Waals surface area contributed by atoms with Gasteiger partial charge in [-0.25, -0.2) is 0 Å². The predicted molar refractivity (Wildman–Crippen MR) is 80.1 cm³/mol. The lowest BCUT2D eigenvalue weighted by atomic mass is 9.89. The number of nitro benzene ring substituents is 1. The van der Waals surface area contributed by atoms with Crippen molar-refractivity contribution < 1.29 is 9.66 Å². The minimum atomic E-state index is -0.464. The second kappa shape index (κ2) is 7.57. The van der Waals surface area contributed by atoms with Crippen molar-refractivity contribution in [3.8, 4) is 0 Å². The largest absolute Gasteiger partial charge is 0.385 e. The molecule has 0 unspecified atom stereocenters. The number of methoxy groups -OCH3 is 1. The molecule has 0 aliphatic carbocycles. The molecule has 0 bridgehead atoms. The van der Waals surface area contributed by atoms with Crippen molar-refractivity contribution in [3.63, 3.8) is 0 Å². The lowest BCUT2D eigenvalue weighted by Gasteiger charge is -2.24. The summed E-state index contributed by atoms with van der Waals surface area (Å²) < 4.78 is 5.08. The summed E-state index contributed by atoms with van der Waals surface area (Å²) in [7, 11) is 1.69. The van der Waals surface area contributed by atoms with Crippen molar-refractivity contribution in [1.29, 1.82) is 0 Å². The molecule has 20 heavy (non-hydrogen) atoms. The molecule has 0 aromatic heterocycles. The smallest absolute Gasteiger partial charge is 0.288 e. The average molecular weight is 301 g/mol. The Morgan fingerprint density at radius 2 is 2.15 bits per heavy atom. The molecule has 5 nitrogen and oxygen atoms in total. The summed E-state index contributed by atoms with van der Waals surface area (Å²) in [5, 5.41) is 14.3. The van der Waals surface area contributed by atoms with E-state index < -0.39 is 4.92 Å². The highest BCUT2D eigenvalue weighted by atomic mass is 35.5. The Balaban J connectivity index is 2.54. The summed E-state index contributed by atoms with van der Waals surface area (Å²) >= 11 is 5.78. The minimum Gasteiger partial charge on any atom is -0.385 e. The second-order valence-electron chi connectivity index (χ2n) is 5.55. The van der Waals surface area contributed by atoms with Gasteiger partial charge in [0, 0.05) is 32.9 Å². The molecule has 1 N–H and O–H groups in total. The lowest BCUT2D eigenvalue weighted by Crippen LogP contribution is -2.30. The molecule has 1 aromatic rings. The first-order valence-corrected chi connectivity index (χ1v) is 6.86. The molecule has 1 rings (SSSR count). The number of rotatable bonds is 8. The van der Waals surface area contributed by atoms with Crippen LogP contribution in [0.5, 0.6) is 0 Å². The van der Waals surface area contributed by atoms with Crippen molar-refractivity contribution in [2.75, 3.05) is 20.3 Å². The van der Waals surface area contributed by atoms with Crippen molar-refractivity contribution in [2.24, 2.45) is 5.41 Å². The van der Waals surface area contributed by atoms with Gasteiger partial charge in [-0.3, -0.25) is 10.1 Å². The van der Waals surface area contributed by atoms with Gasteiger partial charge < -0.3 is 10.1 Å². The molecule has 0 spiro atoms. The monoisotopic (exact) mass is 300 g/mol. The third-order valence-corrected chi connectivity index (χ3v) is 3.44. The summed E-state index contributed by atoms with van der Waals surface area (Å²) in [5.41, 5.74) is 0.919. The standard InChI is InChI=1S/C14H21ClN2O3/c1-14(2,6-7-20-3)10-16-9-11-4-5-12(15)13(8-11)17(18)19/h4-5,8,16H,6-7,9-10H2,1-3H3. The molecular formula is C14H21ClN2O3. The van der Waals surface area contributed by atoms with Gasteiger partial charge in [0.05, 0.1) is 4.92 Å². The summed E-state index contributed by atoms with van der Waals surface area (Å²) in [5.74, 6) is 0. The maximum Gasteiger partial charge on any atom is 0.288 e. The normalized spacial score (nSPS) is 11.6. The van der Waals surface area contributed by atoms with Gasteiger partial charge in [0.2, 0.25) is 0 Å². The van der Waals surface area contributed by atoms with Crippen LogP contribution in [0.25, 0.3) is 0 Å². The number of benzene rings is 1. The number of nitrogens with zero attached hydrogens (tertiary/aromatic N) is 1. The zero-order chi connectivity index (χ0) is 15.2. The van der Waals surface area contributed by atoms with E-state index in [2.05, 4.69) is 19.2 Å². The molecule has 0 heterocycles. The Morgan fingerprint density at radius 3 is 2.75 bits per heavy atom. The second-order valence-corrected chi connectivity index (χ2v) is 5.96. The van der Waals surface area contributed by atoms with E-state index in [0.29, 0.717) is 6.54 Å².